The first-order valence-corrected chi connectivity index (χ1v) is 8.44. The van der Waals surface area contributed by atoms with Crippen LogP contribution in [-0.2, 0) is 6.54 Å². The molecule has 0 saturated carbocycles. The fraction of sp³-hybridized carbons (Fsp3) is 0.250. The van der Waals surface area contributed by atoms with Gasteiger partial charge in [-0.1, -0.05) is 6.07 Å². The Balaban J connectivity index is 1.64. The molecule has 1 unspecified atom stereocenters. The molecule has 7 heteroatoms. The van der Waals surface area contributed by atoms with Gasteiger partial charge in [-0.25, -0.2) is 13.6 Å². The minimum atomic E-state index is -0.490. The Morgan fingerprint density at radius 1 is 1.22 bits per heavy atom. The highest BCUT2D eigenvalue weighted by Gasteiger charge is 2.18. The van der Waals surface area contributed by atoms with Crippen LogP contribution in [0.2, 0.25) is 0 Å². The fourth-order valence-corrected chi connectivity index (χ4v) is 2.94. The number of ether oxygens (including phenoxy) is 1. The zero-order valence-electron chi connectivity index (χ0n) is 15.2. The van der Waals surface area contributed by atoms with Gasteiger partial charge in [0, 0.05) is 17.5 Å². The lowest BCUT2D eigenvalue weighted by molar-refractivity contribution is 0.236. The van der Waals surface area contributed by atoms with E-state index in [2.05, 4.69) is 10.6 Å². The number of carbonyl (C=O) groups excluding carboxylic acids is 1. The van der Waals surface area contributed by atoms with Crippen LogP contribution in [-0.4, -0.2) is 13.1 Å². The molecule has 0 saturated heterocycles. The average Bonchev–Trinajstić information content (AvgIpc) is 2.96. The summed E-state index contributed by atoms with van der Waals surface area (Å²) in [7, 11) is 1.39. The monoisotopic (exact) mass is 374 g/mol. The predicted molar refractivity (Wildman–Crippen MR) is 97.6 cm³/mol. The predicted octanol–water partition coefficient (Wildman–Crippen LogP) is 4.59. The molecule has 0 aliphatic rings. The number of nitrogens with one attached hydrogen (secondary N) is 2. The molecule has 2 N–H and O–H groups in total. The number of amides is 2. The Bertz CT molecular complexity index is 985. The fourth-order valence-electron chi connectivity index (χ4n) is 2.94. The largest absolute Gasteiger partial charge is 0.494 e. The molecule has 1 aromatic heterocycles. The molecule has 0 bridgehead atoms. The van der Waals surface area contributed by atoms with Crippen LogP contribution in [0.1, 0.15) is 29.9 Å². The summed E-state index contributed by atoms with van der Waals surface area (Å²) in [6, 6.07) is 7.93. The lowest BCUT2D eigenvalue weighted by atomic mass is 10.1. The Hall–Kier alpha value is -3.09. The molecule has 142 valence electrons. The van der Waals surface area contributed by atoms with Crippen LogP contribution in [0.15, 0.2) is 40.8 Å². The van der Waals surface area contributed by atoms with Crippen LogP contribution < -0.4 is 15.4 Å². The van der Waals surface area contributed by atoms with Crippen molar-refractivity contribution in [3.63, 3.8) is 0 Å². The van der Waals surface area contributed by atoms with Gasteiger partial charge in [-0.2, -0.15) is 0 Å². The van der Waals surface area contributed by atoms with Crippen LogP contribution in [0.5, 0.6) is 5.75 Å². The lowest BCUT2D eigenvalue weighted by Gasteiger charge is -2.14. The summed E-state index contributed by atoms with van der Waals surface area (Å²) < 4.78 is 37.7. The number of hydrogen-bond acceptors (Lipinski definition) is 3. The maximum atomic E-state index is 13.7. The number of aryl methyl sites for hydroxylation is 1. The van der Waals surface area contributed by atoms with Gasteiger partial charge in [-0.05, 0) is 49.7 Å². The van der Waals surface area contributed by atoms with Crippen LogP contribution in [0.3, 0.4) is 0 Å². The number of rotatable bonds is 5. The first-order chi connectivity index (χ1) is 12.9. The molecular formula is C20H20F2N2O3. The topological polar surface area (TPSA) is 63.5 Å². The van der Waals surface area contributed by atoms with Gasteiger partial charge in [0.2, 0.25) is 0 Å². The highest BCUT2D eigenvalue weighted by Crippen LogP contribution is 2.29. The molecule has 2 aromatic carbocycles. The van der Waals surface area contributed by atoms with Gasteiger partial charge >= 0.3 is 6.03 Å². The zero-order valence-corrected chi connectivity index (χ0v) is 15.2. The van der Waals surface area contributed by atoms with Crippen LogP contribution in [0, 0.1) is 18.6 Å². The maximum absolute atomic E-state index is 13.7. The third-order valence-electron chi connectivity index (χ3n) is 4.35. The second-order valence-corrected chi connectivity index (χ2v) is 6.25. The van der Waals surface area contributed by atoms with Crippen molar-refractivity contribution >= 4 is 17.0 Å². The van der Waals surface area contributed by atoms with E-state index in [1.165, 1.54) is 31.4 Å². The van der Waals surface area contributed by atoms with E-state index < -0.39 is 17.9 Å². The van der Waals surface area contributed by atoms with E-state index in [-0.39, 0.29) is 18.1 Å². The smallest absolute Gasteiger partial charge is 0.315 e. The number of benzene rings is 2. The number of halogens is 2. The molecule has 0 fully saturated rings. The average molecular weight is 374 g/mol. The van der Waals surface area contributed by atoms with Crippen molar-refractivity contribution in [3.05, 3.63) is 64.9 Å². The second-order valence-electron chi connectivity index (χ2n) is 6.25. The Kier molecular flexibility index (Phi) is 5.30. The van der Waals surface area contributed by atoms with E-state index in [0.717, 1.165) is 5.56 Å². The molecule has 0 aliphatic heterocycles. The quantitative estimate of drug-likeness (QED) is 0.687. The number of methoxy groups -OCH3 is 1. The number of hydrogen-bond donors (Lipinski definition) is 2. The third-order valence-corrected chi connectivity index (χ3v) is 4.35. The number of furan rings is 1. The first kappa shape index (κ1) is 18.7. The van der Waals surface area contributed by atoms with E-state index >= 15 is 0 Å². The van der Waals surface area contributed by atoms with Gasteiger partial charge in [0.05, 0.1) is 13.2 Å². The summed E-state index contributed by atoms with van der Waals surface area (Å²) in [5.74, 6) is -0.131. The van der Waals surface area contributed by atoms with Gasteiger partial charge in [-0.15, -0.1) is 0 Å². The molecule has 1 heterocycles. The van der Waals surface area contributed by atoms with Crippen molar-refractivity contribution < 1.29 is 22.7 Å². The first-order valence-electron chi connectivity index (χ1n) is 8.44. The summed E-state index contributed by atoms with van der Waals surface area (Å²) >= 11 is 0. The molecule has 3 rings (SSSR count). The molecule has 0 spiro atoms. The van der Waals surface area contributed by atoms with Crippen molar-refractivity contribution in [2.24, 2.45) is 0 Å². The van der Waals surface area contributed by atoms with E-state index in [9.17, 15) is 13.6 Å². The van der Waals surface area contributed by atoms with Gasteiger partial charge in [-0.3, -0.25) is 0 Å². The van der Waals surface area contributed by atoms with E-state index in [1.54, 1.807) is 19.1 Å². The van der Waals surface area contributed by atoms with Crippen LogP contribution >= 0.6 is 0 Å². The molecule has 5 nitrogen and oxygen atoms in total. The van der Waals surface area contributed by atoms with E-state index in [0.29, 0.717) is 22.3 Å². The van der Waals surface area contributed by atoms with Gasteiger partial charge in [0.15, 0.2) is 11.6 Å². The summed E-state index contributed by atoms with van der Waals surface area (Å²) in [6.45, 7) is 3.74. The summed E-state index contributed by atoms with van der Waals surface area (Å²) in [5.41, 5.74) is 1.94. The minimum absolute atomic E-state index is 0.147. The molecule has 0 aliphatic carbocycles. The minimum Gasteiger partial charge on any atom is -0.494 e. The number of carbonyl (C=O) groups is 1. The zero-order chi connectivity index (χ0) is 19.6. The van der Waals surface area contributed by atoms with Gasteiger partial charge in [0.25, 0.3) is 0 Å². The number of fused-ring (bicyclic) bond motifs is 1. The van der Waals surface area contributed by atoms with Crippen molar-refractivity contribution in [2.75, 3.05) is 7.11 Å². The molecule has 0 radical (unpaired) electrons. The maximum Gasteiger partial charge on any atom is 0.315 e. The third kappa shape index (κ3) is 4.02. The van der Waals surface area contributed by atoms with E-state index in [4.69, 9.17) is 9.15 Å². The standard InChI is InChI=1S/C20H20F2N2O3/c1-11-15-9-14(21)5-7-17(15)27-19(11)12(2)24-20(25)23-10-13-4-6-18(26-3)16(22)8-13/h4-9,12H,10H2,1-3H3,(H2,23,24,25). The van der Waals surface area contributed by atoms with Crippen molar-refractivity contribution in [2.45, 2.75) is 26.4 Å². The molecule has 27 heavy (non-hydrogen) atoms. The Morgan fingerprint density at radius 2 is 2.00 bits per heavy atom. The van der Waals surface area contributed by atoms with Crippen molar-refractivity contribution in [3.8, 4) is 5.75 Å². The van der Waals surface area contributed by atoms with E-state index in [1.807, 2.05) is 6.92 Å². The van der Waals surface area contributed by atoms with Gasteiger partial charge in [0.1, 0.15) is 17.2 Å². The van der Waals surface area contributed by atoms with Crippen LogP contribution in [0.25, 0.3) is 11.0 Å². The summed E-state index contributed by atoms with van der Waals surface area (Å²) in [5, 5.41) is 6.11. The van der Waals surface area contributed by atoms with Crippen molar-refractivity contribution in [1.29, 1.82) is 0 Å². The second kappa shape index (κ2) is 7.65. The van der Waals surface area contributed by atoms with Crippen LogP contribution in [0.4, 0.5) is 13.6 Å². The van der Waals surface area contributed by atoms with Crippen molar-refractivity contribution in [1.82, 2.24) is 10.6 Å². The highest BCUT2D eigenvalue weighted by molar-refractivity contribution is 5.82. The normalized spacial score (nSPS) is 12.0. The summed E-state index contributed by atoms with van der Waals surface area (Å²) in [6.07, 6.45) is 0. The highest BCUT2D eigenvalue weighted by atomic mass is 19.1. The van der Waals surface area contributed by atoms with Gasteiger partial charge < -0.3 is 19.8 Å². The lowest BCUT2D eigenvalue weighted by Crippen LogP contribution is -2.36. The molecular weight excluding hydrogens is 354 g/mol. The Labute approximate surface area is 155 Å². The molecule has 3 aromatic rings. The molecule has 2 amide bonds. The summed E-state index contributed by atoms with van der Waals surface area (Å²) in [4.78, 5) is 12.1. The SMILES string of the molecule is COc1ccc(CNC(=O)NC(C)c2oc3ccc(F)cc3c2C)cc1F. The molecule has 1 atom stereocenters. The Morgan fingerprint density at radius 3 is 2.70 bits per heavy atom. The number of urea groups is 1.